The van der Waals surface area contributed by atoms with Crippen LogP contribution in [0.25, 0.3) is 0 Å². The van der Waals surface area contributed by atoms with Crippen LogP contribution in [0.3, 0.4) is 0 Å². The van der Waals surface area contributed by atoms with Gasteiger partial charge in [-0.3, -0.25) is 14.4 Å². The number of carboxylic acid groups (broad SMARTS) is 1. The SMILES string of the molecule is NCCCCC(N)C(=O)NCC(=O)NC(CCCCN)C(=O)N1CCCC1C(=O)O. The molecule has 0 bridgehead atoms. The number of hydrogen-bond acceptors (Lipinski definition) is 7. The lowest BCUT2D eigenvalue weighted by Gasteiger charge is -2.27. The molecule has 1 saturated heterocycles. The van der Waals surface area contributed by atoms with E-state index >= 15 is 0 Å². The molecule has 11 nitrogen and oxygen atoms in total. The fraction of sp³-hybridized carbons (Fsp3) is 0.789. The molecule has 0 saturated carbocycles. The first-order chi connectivity index (χ1) is 14.3. The topological polar surface area (TPSA) is 194 Å². The van der Waals surface area contributed by atoms with Gasteiger partial charge in [0.2, 0.25) is 17.7 Å². The van der Waals surface area contributed by atoms with E-state index in [-0.39, 0.29) is 6.54 Å². The Labute approximate surface area is 177 Å². The number of likely N-dealkylation sites (tertiary alicyclic amines) is 1. The zero-order valence-electron chi connectivity index (χ0n) is 17.5. The standard InChI is InChI=1S/C19H36N6O5/c20-9-3-1-6-13(22)17(27)23-12-16(26)24-14(7-2-4-10-21)18(28)25-11-5-8-15(25)19(29)30/h13-15H,1-12,20-22H2,(H,23,27)(H,24,26)(H,29,30). The molecule has 3 unspecified atom stereocenters. The number of carbonyl (C=O) groups excluding carboxylic acids is 3. The van der Waals surface area contributed by atoms with Crippen molar-refractivity contribution in [2.45, 2.75) is 69.5 Å². The highest BCUT2D eigenvalue weighted by atomic mass is 16.4. The van der Waals surface area contributed by atoms with Crippen LogP contribution in [-0.4, -0.2) is 78.0 Å². The van der Waals surface area contributed by atoms with E-state index in [2.05, 4.69) is 10.6 Å². The van der Waals surface area contributed by atoms with E-state index in [1.807, 2.05) is 0 Å². The Morgan fingerprint density at radius 2 is 1.67 bits per heavy atom. The summed E-state index contributed by atoms with van der Waals surface area (Å²) in [5.41, 5.74) is 16.7. The molecule has 30 heavy (non-hydrogen) atoms. The third-order valence-electron chi connectivity index (χ3n) is 5.13. The van der Waals surface area contributed by atoms with Crippen LogP contribution < -0.4 is 27.8 Å². The second kappa shape index (κ2) is 13.9. The van der Waals surface area contributed by atoms with E-state index in [0.717, 1.165) is 12.8 Å². The van der Waals surface area contributed by atoms with Crippen LogP contribution in [0.15, 0.2) is 0 Å². The summed E-state index contributed by atoms with van der Waals surface area (Å²) in [5, 5.41) is 14.4. The van der Waals surface area contributed by atoms with Crippen LogP contribution in [0.2, 0.25) is 0 Å². The number of nitrogens with one attached hydrogen (secondary N) is 2. The third kappa shape index (κ3) is 8.64. The van der Waals surface area contributed by atoms with Gasteiger partial charge in [0.1, 0.15) is 12.1 Å². The van der Waals surface area contributed by atoms with Crippen molar-refractivity contribution < 1.29 is 24.3 Å². The van der Waals surface area contributed by atoms with Crippen molar-refractivity contribution in [2.24, 2.45) is 17.2 Å². The average molecular weight is 429 g/mol. The zero-order chi connectivity index (χ0) is 22.5. The van der Waals surface area contributed by atoms with Gasteiger partial charge in [0.15, 0.2) is 0 Å². The number of nitrogens with two attached hydrogens (primary N) is 3. The van der Waals surface area contributed by atoms with Gasteiger partial charge in [0, 0.05) is 6.54 Å². The fourth-order valence-corrected chi connectivity index (χ4v) is 3.42. The number of nitrogens with zero attached hydrogens (tertiary/aromatic N) is 1. The van der Waals surface area contributed by atoms with Gasteiger partial charge < -0.3 is 37.8 Å². The molecule has 11 heteroatoms. The first kappa shape index (κ1) is 25.8. The Kier molecular flexibility index (Phi) is 11.9. The summed E-state index contributed by atoms with van der Waals surface area (Å²) in [4.78, 5) is 49.9. The van der Waals surface area contributed by atoms with Crippen molar-refractivity contribution in [3.63, 3.8) is 0 Å². The first-order valence-corrected chi connectivity index (χ1v) is 10.6. The average Bonchev–Trinajstić information content (AvgIpc) is 3.21. The summed E-state index contributed by atoms with van der Waals surface area (Å²) in [6, 6.07) is -2.47. The van der Waals surface area contributed by atoms with Gasteiger partial charge in [-0.05, 0) is 58.0 Å². The number of amides is 3. The van der Waals surface area contributed by atoms with Crippen molar-refractivity contribution in [2.75, 3.05) is 26.2 Å². The minimum absolute atomic E-state index is 0.313. The highest BCUT2D eigenvalue weighted by Crippen LogP contribution is 2.19. The predicted octanol–water partition coefficient (Wildman–Crippen LogP) is -1.75. The quantitative estimate of drug-likeness (QED) is 0.175. The van der Waals surface area contributed by atoms with E-state index in [0.29, 0.717) is 58.2 Å². The summed E-state index contributed by atoms with van der Waals surface area (Å²) >= 11 is 0. The van der Waals surface area contributed by atoms with Crippen molar-refractivity contribution >= 4 is 23.7 Å². The van der Waals surface area contributed by atoms with Crippen LogP contribution in [0.1, 0.15) is 51.4 Å². The van der Waals surface area contributed by atoms with Gasteiger partial charge in [0.05, 0.1) is 12.6 Å². The van der Waals surface area contributed by atoms with E-state index < -0.39 is 41.8 Å². The molecule has 3 amide bonds. The van der Waals surface area contributed by atoms with E-state index in [1.165, 1.54) is 4.90 Å². The molecule has 0 aliphatic carbocycles. The van der Waals surface area contributed by atoms with Gasteiger partial charge in [-0.1, -0.05) is 6.42 Å². The number of carboxylic acids is 1. The van der Waals surface area contributed by atoms with Crippen LogP contribution >= 0.6 is 0 Å². The van der Waals surface area contributed by atoms with E-state index in [4.69, 9.17) is 17.2 Å². The molecule has 0 aromatic carbocycles. The van der Waals surface area contributed by atoms with E-state index in [1.54, 1.807) is 0 Å². The molecule has 1 fully saturated rings. The summed E-state index contributed by atoms with van der Waals surface area (Å²) in [7, 11) is 0. The summed E-state index contributed by atoms with van der Waals surface area (Å²) in [6.45, 7) is 1.00. The molecule has 9 N–H and O–H groups in total. The molecule has 0 aromatic heterocycles. The molecular weight excluding hydrogens is 392 g/mol. The predicted molar refractivity (Wildman–Crippen MR) is 111 cm³/mol. The minimum Gasteiger partial charge on any atom is -0.480 e. The van der Waals surface area contributed by atoms with Gasteiger partial charge in [-0.25, -0.2) is 4.79 Å². The van der Waals surface area contributed by atoms with Crippen LogP contribution in [0.4, 0.5) is 0 Å². The Morgan fingerprint density at radius 1 is 1.03 bits per heavy atom. The molecule has 172 valence electrons. The molecule has 0 radical (unpaired) electrons. The number of rotatable bonds is 14. The normalized spacial score (nSPS) is 18.0. The van der Waals surface area contributed by atoms with Crippen LogP contribution in [-0.2, 0) is 19.2 Å². The molecule has 1 aliphatic heterocycles. The molecular formula is C19H36N6O5. The summed E-state index contributed by atoms with van der Waals surface area (Å²) in [6.07, 6.45) is 4.57. The number of aliphatic carboxylic acids is 1. The largest absolute Gasteiger partial charge is 0.480 e. The molecule has 1 heterocycles. The van der Waals surface area contributed by atoms with Gasteiger partial charge in [-0.15, -0.1) is 0 Å². The maximum atomic E-state index is 12.9. The number of carbonyl (C=O) groups is 4. The maximum absolute atomic E-state index is 12.9. The van der Waals surface area contributed by atoms with Gasteiger partial charge >= 0.3 is 5.97 Å². The number of unbranched alkanes of at least 4 members (excludes halogenated alkanes) is 2. The first-order valence-electron chi connectivity index (χ1n) is 10.6. The fourth-order valence-electron chi connectivity index (χ4n) is 3.42. The van der Waals surface area contributed by atoms with Crippen molar-refractivity contribution in [3.05, 3.63) is 0 Å². The Hall–Kier alpha value is -2.24. The molecule has 1 aliphatic rings. The lowest BCUT2D eigenvalue weighted by molar-refractivity contribution is -0.149. The van der Waals surface area contributed by atoms with Crippen molar-refractivity contribution in [1.82, 2.24) is 15.5 Å². The number of hydrogen-bond donors (Lipinski definition) is 6. The second-order valence-corrected chi connectivity index (χ2v) is 7.54. The van der Waals surface area contributed by atoms with Crippen LogP contribution in [0.5, 0.6) is 0 Å². The monoisotopic (exact) mass is 428 g/mol. The second-order valence-electron chi connectivity index (χ2n) is 7.54. The minimum atomic E-state index is -1.05. The maximum Gasteiger partial charge on any atom is 0.326 e. The third-order valence-corrected chi connectivity index (χ3v) is 5.13. The molecule has 3 atom stereocenters. The smallest absolute Gasteiger partial charge is 0.326 e. The van der Waals surface area contributed by atoms with Crippen LogP contribution in [0, 0.1) is 0 Å². The summed E-state index contributed by atoms with van der Waals surface area (Å²) < 4.78 is 0. The van der Waals surface area contributed by atoms with E-state index in [9.17, 15) is 24.3 Å². The Bertz CT molecular complexity index is 588. The molecule has 0 aromatic rings. The lowest BCUT2D eigenvalue weighted by atomic mass is 10.1. The molecule has 0 spiro atoms. The van der Waals surface area contributed by atoms with Gasteiger partial charge in [0.25, 0.3) is 0 Å². The molecule has 1 rings (SSSR count). The highest BCUT2D eigenvalue weighted by Gasteiger charge is 2.37. The zero-order valence-corrected chi connectivity index (χ0v) is 17.5. The van der Waals surface area contributed by atoms with Crippen molar-refractivity contribution in [3.8, 4) is 0 Å². The van der Waals surface area contributed by atoms with Gasteiger partial charge in [-0.2, -0.15) is 0 Å². The Morgan fingerprint density at radius 3 is 2.27 bits per heavy atom. The lowest BCUT2D eigenvalue weighted by Crippen LogP contribution is -2.53. The summed E-state index contributed by atoms with van der Waals surface area (Å²) in [5.74, 6) is -2.45. The van der Waals surface area contributed by atoms with Crippen molar-refractivity contribution in [1.29, 1.82) is 0 Å². The Balaban J connectivity index is 2.61. The highest BCUT2D eigenvalue weighted by molar-refractivity contribution is 5.92.